The van der Waals surface area contributed by atoms with Gasteiger partial charge in [-0.25, -0.2) is 4.21 Å². The highest BCUT2D eigenvalue weighted by molar-refractivity contribution is 7.88. The fourth-order valence-corrected chi connectivity index (χ4v) is 2.78. The molecule has 72 valence electrons. The molecule has 0 bridgehead atoms. The van der Waals surface area contributed by atoms with Gasteiger partial charge in [-0.05, 0) is 23.6 Å². The Kier molecular flexibility index (Phi) is 2.96. The second-order valence-corrected chi connectivity index (χ2v) is 5.06. The van der Waals surface area contributed by atoms with E-state index in [-0.39, 0.29) is 0 Å². The summed E-state index contributed by atoms with van der Waals surface area (Å²) in [7, 11) is -1.13. The van der Waals surface area contributed by atoms with Crippen LogP contribution in [-0.4, -0.2) is 4.21 Å². The molecule has 2 nitrogen and oxygen atoms in total. The van der Waals surface area contributed by atoms with Crippen molar-refractivity contribution in [1.29, 1.82) is 0 Å². The zero-order valence-corrected chi connectivity index (χ0v) is 8.98. The molecule has 0 aliphatic carbocycles. The number of hydrogen-bond acceptors (Lipinski definition) is 2. The Labute approximate surface area is 89.2 Å². The van der Waals surface area contributed by atoms with E-state index < -0.39 is 11.0 Å². The first kappa shape index (κ1) is 9.43. The maximum absolute atomic E-state index is 11.7. The van der Waals surface area contributed by atoms with Crippen molar-refractivity contribution in [3.8, 4) is 0 Å². The SMILES string of the molecule is O=[S@](Nc1ccccc1)c1cccs1. The van der Waals surface area contributed by atoms with Gasteiger partial charge in [-0.15, -0.1) is 11.3 Å². The minimum atomic E-state index is -1.13. The molecule has 0 unspecified atom stereocenters. The van der Waals surface area contributed by atoms with E-state index in [0.717, 1.165) is 9.90 Å². The van der Waals surface area contributed by atoms with Gasteiger partial charge in [0, 0.05) is 5.69 Å². The highest BCUT2D eigenvalue weighted by atomic mass is 32.2. The predicted octanol–water partition coefficient (Wildman–Crippen LogP) is 2.88. The Balaban J connectivity index is 2.10. The van der Waals surface area contributed by atoms with E-state index in [9.17, 15) is 4.21 Å². The van der Waals surface area contributed by atoms with E-state index in [0.29, 0.717) is 0 Å². The van der Waals surface area contributed by atoms with Crippen LogP contribution in [0.5, 0.6) is 0 Å². The van der Waals surface area contributed by atoms with Gasteiger partial charge in [-0.1, -0.05) is 24.3 Å². The molecular formula is C10H9NOS2. The van der Waals surface area contributed by atoms with Crippen molar-refractivity contribution in [3.05, 3.63) is 47.8 Å². The van der Waals surface area contributed by atoms with Gasteiger partial charge in [0.15, 0.2) is 11.0 Å². The zero-order chi connectivity index (χ0) is 9.80. The highest BCUT2D eigenvalue weighted by Gasteiger charge is 2.03. The van der Waals surface area contributed by atoms with Gasteiger partial charge >= 0.3 is 0 Å². The van der Waals surface area contributed by atoms with Crippen LogP contribution in [0.3, 0.4) is 0 Å². The smallest absolute Gasteiger partial charge is 0.160 e. The van der Waals surface area contributed by atoms with Gasteiger partial charge in [-0.2, -0.15) is 0 Å². The molecule has 0 radical (unpaired) electrons. The minimum absolute atomic E-state index is 0.842. The Hall–Kier alpha value is -1.13. The lowest BCUT2D eigenvalue weighted by atomic mass is 10.3. The van der Waals surface area contributed by atoms with Gasteiger partial charge in [-0.3, -0.25) is 0 Å². The lowest BCUT2D eigenvalue weighted by molar-refractivity contribution is 0.687. The number of anilines is 1. The van der Waals surface area contributed by atoms with E-state index in [1.54, 1.807) is 0 Å². The van der Waals surface area contributed by atoms with Crippen molar-refractivity contribution in [3.63, 3.8) is 0 Å². The average Bonchev–Trinajstić information content (AvgIpc) is 2.72. The first-order chi connectivity index (χ1) is 6.86. The number of benzene rings is 1. The minimum Gasteiger partial charge on any atom is -0.300 e. The molecule has 2 rings (SSSR count). The van der Waals surface area contributed by atoms with Crippen LogP contribution in [-0.2, 0) is 11.0 Å². The van der Waals surface area contributed by atoms with Crippen molar-refractivity contribution in [2.24, 2.45) is 0 Å². The van der Waals surface area contributed by atoms with Crippen molar-refractivity contribution < 1.29 is 4.21 Å². The first-order valence-electron chi connectivity index (χ1n) is 4.13. The van der Waals surface area contributed by atoms with E-state index >= 15 is 0 Å². The van der Waals surface area contributed by atoms with Crippen LogP contribution < -0.4 is 4.72 Å². The number of rotatable bonds is 3. The second-order valence-electron chi connectivity index (χ2n) is 2.67. The van der Waals surface area contributed by atoms with Crippen LogP contribution in [0, 0.1) is 0 Å². The van der Waals surface area contributed by atoms with Gasteiger partial charge in [0.05, 0.1) is 0 Å². The summed E-state index contributed by atoms with van der Waals surface area (Å²) in [4.78, 5) is 0. The summed E-state index contributed by atoms with van der Waals surface area (Å²) in [6.07, 6.45) is 0. The summed E-state index contributed by atoms with van der Waals surface area (Å²) < 4.78 is 15.5. The summed E-state index contributed by atoms with van der Waals surface area (Å²) in [5, 5.41) is 1.92. The third kappa shape index (κ3) is 2.21. The molecule has 0 aliphatic rings. The fraction of sp³-hybridized carbons (Fsp3) is 0. The van der Waals surface area contributed by atoms with Crippen LogP contribution >= 0.6 is 11.3 Å². The lowest BCUT2D eigenvalue weighted by Crippen LogP contribution is -2.02. The van der Waals surface area contributed by atoms with E-state index in [4.69, 9.17) is 0 Å². The molecule has 1 aromatic heterocycles. The Bertz CT molecular complexity index is 411. The van der Waals surface area contributed by atoms with Crippen molar-refractivity contribution in [2.45, 2.75) is 4.21 Å². The molecule has 0 saturated carbocycles. The highest BCUT2D eigenvalue weighted by Crippen LogP contribution is 2.16. The van der Waals surface area contributed by atoms with E-state index in [1.807, 2.05) is 47.8 Å². The van der Waals surface area contributed by atoms with Crippen molar-refractivity contribution in [1.82, 2.24) is 0 Å². The molecule has 0 fully saturated rings. The van der Waals surface area contributed by atoms with E-state index in [2.05, 4.69) is 4.72 Å². The zero-order valence-electron chi connectivity index (χ0n) is 7.34. The molecule has 14 heavy (non-hydrogen) atoms. The predicted molar refractivity (Wildman–Crippen MR) is 60.8 cm³/mol. The Morgan fingerprint density at radius 2 is 1.86 bits per heavy atom. The van der Waals surface area contributed by atoms with Gasteiger partial charge in [0.25, 0.3) is 0 Å². The molecular weight excluding hydrogens is 214 g/mol. The number of nitrogens with one attached hydrogen (secondary N) is 1. The molecule has 0 saturated heterocycles. The van der Waals surface area contributed by atoms with E-state index in [1.165, 1.54) is 11.3 Å². The monoisotopic (exact) mass is 223 g/mol. The molecule has 1 atom stereocenters. The largest absolute Gasteiger partial charge is 0.300 e. The second kappa shape index (κ2) is 4.39. The molecule has 4 heteroatoms. The van der Waals surface area contributed by atoms with Crippen molar-refractivity contribution in [2.75, 3.05) is 4.72 Å². The molecule has 0 spiro atoms. The standard InChI is InChI=1S/C10H9NOS2/c12-14(10-7-4-8-13-10)11-9-5-2-1-3-6-9/h1-8,11H/t14-/m0/s1. The normalized spacial score (nSPS) is 12.3. The number of para-hydroxylation sites is 1. The van der Waals surface area contributed by atoms with Crippen molar-refractivity contribution >= 4 is 28.0 Å². The van der Waals surface area contributed by atoms with Gasteiger partial charge in [0.2, 0.25) is 0 Å². The van der Waals surface area contributed by atoms with Crippen LogP contribution in [0.1, 0.15) is 0 Å². The van der Waals surface area contributed by atoms with Gasteiger partial charge < -0.3 is 4.72 Å². The van der Waals surface area contributed by atoms with Crippen LogP contribution in [0.2, 0.25) is 0 Å². The summed E-state index contributed by atoms with van der Waals surface area (Å²) in [6, 6.07) is 13.3. The van der Waals surface area contributed by atoms with Crippen LogP contribution in [0.25, 0.3) is 0 Å². The molecule has 1 aromatic carbocycles. The summed E-state index contributed by atoms with van der Waals surface area (Å²) in [6.45, 7) is 0. The Morgan fingerprint density at radius 1 is 1.07 bits per heavy atom. The fourth-order valence-electron chi connectivity index (χ4n) is 1.03. The molecule has 1 N–H and O–H groups in total. The van der Waals surface area contributed by atoms with Crippen LogP contribution in [0.15, 0.2) is 52.1 Å². The van der Waals surface area contributed by atoms with Crippen LogP contribution in [0.4, 0.5) is 5.69 Å². The number of hydrogen-bond donors (Lipinski definition) is 1. The maximum Gasteiger partial charge on any atom is 0.160 e. The topological polar surface area (TPSA) is 29.1 Å². The quantitative estimate of drug-likeness (QED) is 0.851. The number of thiophene rings is 1. The maximum atomic E-state index is 11.7. The van der Waals surface area contributed by atoms with Gasteiger partial charge in [0.1, 0.15) is 4.21 Å². The average molecular weight is 223 g/mol. The molecule has 1 heterocycles. The first-order valence-corrected chi connectivity index (χ1v) is 6.16. The lowest BCUT2D eigenvalue weighted by Gasteiger charge is -2.02. The summed E-state index contributed by atoms with van der Waals surface area (Å²) >= 11 is 1.49. The molecule has 0 aliphatic heterocycles. The summed E-state index contributed by atoms with van der Waals surface area (Å²) in [5.74, 6) is 0. The molecule has 2 aromatic rings. The molecule has 0 amide bonds. The third-order valence-corrected chi connectivity index (χ3v) is 3.99. The summed E-state index contributed by atoms with van der Waals surface area (Å²) in [5.41, 5.74) is 0.874. The third-order valence-electron chi connectivity index (χ3n) is 1.66. The Morgan fingerprint density at radius 3 is 2.50 bits per heavy atom.